The molecule has 3 heterocycles. The minimum atomic E-state index is -2.87. The van der Waals surface area contributed by atoms with Crippen LogP contribution in [-0.4, -0.2) is 48.7 Å². The minimum absolute atomic E-state index is 0.0757. The molecule has 2 saturated heterocycles. The van der Waals surface area contributed by atoms with Gasteiger partial charge in [0, 0.05) is 44.1 Å². The molecule has 1 unspecified atom stereocenters. The van der Waals surface area contributed by atoms with E-state index in [-0.39, 0.29) is 18.1 Å². The van der Waals surface area contributed by atoms with E-state index in [1.807, 2.05) is 4.90 Å². The molecule has 5 rings (SSSR count). The monoisotopic (exact) mass is 378 g/mol. The zero-order chi connectivity index (χ0) is 18.9. The van der Waals surface area contributed by atoms with Crippen LogP contribution in [-0.2, 0) is 21.9 Å². The van der Waals surface area contributed by atoms with Gasteiger partial charge in [0.2, 0.25) is 5.95 Å². The number of piperidine rings is 1. The lowest BCUT2D eigenvalue weighted by Crippen LogP contribution is -2.47. The maximum Gasteiger partial charge on any atom is 0.305 e. The van der Waals surface area contributed by atoms with E-state index >= 15 is 0 Å². The Bertz CT molecular complexity index is 790. The predicted octanol–water partition coefficient (Wildman–Crippen LogP) is 2.36. The summed E-state index contributed by atoms with van der Waals surface area (Å²) in [5.41, 5.74) is 0.538. The first-order chi connectivity index (χ1) is 12.9. The Hall–Kier alpha value is -1.99. The van der Waals surface area contributed by atoms with E-state index in [4.69, 9.17) is 9.72 Å². The molecule has 0 radical (unpaired) electrons. The lowest BCUT2D eigenvalue weighted by Gasteiger charge is -2.39. The van der Waals surface area contributed by atoms with Crippen molar-refractivity contribution in [1.29, 1.82) is 0 Å². The van der Waals surface area contributed by atoms with Crippen LogP contribution >= 0.6 is 0 Å². The highest BCUT2D eigenvalue weighted by molar-refractivity contribution is 5.70. The Morgan fingerprint density at radius 1 is 1.30 bits per heavy atom. The number of carbonyl (C=O) groups excluding carboxylic acids is 1. The van der Waals surface area contributed by atoms with Crippen LogP contribution in [0.1, 0.15) is 37.4 Å². The van der Waals surface area contributed by atoms with Crippen LogP contribution in [0.5, 0.6) is 0 Å². The first kappa shape index (κ1) is 17.1. The Kier molecular flexibility index (Phi) is 3.65. The van der Waals surface area contributed by atoms with Crippen LogP contribution in [0, 0.1) is 17.8 Å². The number of alkyl halides is 2. The average Bonchev–Trinajstić information content (AvgIpc) is 2.96. The molecule has 2 aliphatic carbocycles. The zero-order valence-electron chi connectivity index (χ0n) is 15.6. The molecule has 1 aromatic heterocycles. The molecular weight excluding hydrogens is 354 g/mol. The van der Waals surface area contributed by atoms with Crippen molar-refractivity contribution < 1.29 is 18.3 Å². The van der Waals surface area contributed by atoms with Crippen molar-refractivity contribution in [2.45, 2.75) is 44.6 Å². The Balaban J connectivity index is 1.41. The van der Waals surface area contributed by atoms with Gasteiger partial charge >= 0.3 is 5.97 Å². The summed E-state index contributed by atoms with van der Waals surface area (Å²) < 4.78 is 33.6. The first-order valence-corrected chi connectivity index (χ1v) is 9.76. The molecule has 27 heavy (non-hydrogen) atoms. The quantitative estimate of drug-likeness (QED) is 0.750. The van der Waals surface area contributed by atoms with E-state index in [1.54, 1.807) is 0 Å². The van der Waals surface area contributed by atoms with E-state index in [2.05, 4.69) is 16.8 Å². The molecule has 0 aromatic carbocycles. The standard InChI is InChI=1S/C19H24F2N4O2/c1-10-4-6-25(10)18-22-16-11(3-5-19(16,20)21)17(23-18)24-8-13-12(14(13)9-24)7-15(26)27-2/h10,12-14H,3-9H2,1-2H3/t10-,12?,13-,14+/m0/s1. The summed E-state index contributed by atoms with van der Waals surface area (Å²) in [6.45, 7) is 4.43. The van der Waals surface area contributed by atoms with Crippen LogP contribution in [0.4, 0.5) is 20.5 Å². The fraction of sp³-hybridized carbons (Fsp3) is 0.737. The van der Waals surface area contributed by atoms with Crippen molar-refractivity contribution in [3.8, 4) is 0 Å². The van der Waals surface area contributed by atoms with Gasteiger partial charge in [0.1, 0.15) is 11.5 Å². The van der Waals surface area contributed by atoms with Gasteiger partial charge < -0.3 is 14.5 Å². The summed E-state index contributed by atoms with van der Waals surface area (Å²) in [6.07, 6.45) is 1.63. The van der Waals surface area contributed by atoms with Crippen molar-refractivity contribution in [2.75, 3.05) is 36.5 Å². The number of rotatable bonds is 4. The summed E-state index contributed by atoms with van der Waals surface area (Å²) in [5, 5.41) is 0. The van der Waals surface area contributed by atoms with Crippen LogP contribution < -0.4 is 9.80 Å². The first-order valence-electron chi connectivity index (χ1n) is 9.76. The third kappa shape index (κ3) is 2.59. The van der Waals surface area contributed by atoms with Gasteiger partial charge in [-0.2, -0.15) is 13.8 Å². The highest BCUT2D eigenvalue weighted by atomic mass is 19.3. The number of aromatic nitrogens is 2. The number of ether oxygens (including phenoxy) is 1. The number of hydrogen-bond acceptors (Lipinski definition) is 6. The van der Waals surface area contributed by atoms with Crippen LogP contribution in [0.15, 0.2) is 0 Å². The topological polar surface area (TPSA) is 58.6 Å². The summed E-state index contributed by atoms with van der Waals surface area (Å²) in [5.74, 6) is -0.680. The number of nitrogens with zero attached hydrogens (tertiary/aromatic N) is 4. The summed E-state index contributed by atoms with van der Waals surface area (Å²) in [7, 11) is 1.41. The summed E-state index contributed by atoms with van der Waals surface area (Å²) >= 11 is 0. The van der Waals surface area contributed by atoms with Crippen LogP contribution in [0.2, 0.25) is 0 Å². The number of methoxy groups -OCH3 is 1. The molecule has 1 saturated carbocycles. The molecule has 4 aliphatic rings. The lowest BCUT2D eigenvalue weighted by atomic mass is 10.1. The van der Waals surface area contributed by atoms with Gasteiger partial charge in [-0.25, -0.2) is 4.98 Å². The van der Waals surface area contributed by atoms with Gasteiger partial charge in [0.25, 0.3) is 5.92 Å². The van der Waals surface area contributed by atoms with Crippen molar-refractivity contribution in [3.63, 3.8) is 0 Å². The number of esters is 1. The van der Waals surface area contributed by atoms with Crippen LogP contribution in [0.25, 0.3) is 0 Å². The molecule has 2 aliphatic heterocycles. The second-order valence-corrected chi connectivity index (χ2v) is 8.39. The second kappa shape index (κ2) is 5.75. The second-order valence-electron chi connectivity index (χ2n) is 8.39. The highest BCUT2D eigenvalue weighted by Gasteiger charge is 2.57. The minimum Gasteiger partial charge on any atom is -0.469 e. The molecule has 1 aromatic rings. The summed E-state index contributed by atoms with van der Waals surface area (Å²) in [4.78, 5) is 24.7. The van der Waals surface area contributed by atoms with Crippen molar-refractivity contribution >= 4 is 17.7 Å². The van der Waals surface area contributed by atoms with E-state index < -0.39 is 5.92 Å². The molecule has 0 N–H and O–H groups in total. The smallest absolute Gasteiger partial charge is 0.305 e. The zero-order valence-corrected chi connectivity index (χ0v) is 15.6. The van der Waals surface area contributed by atoms with E-state index in [0.717, 1.165) is 26.1 Å². The fourth-order valence-electron chi connectivity index (χ4n) is 5.00. The third-order valence-corrected chi connectivity index (χ3v) is 6.89. The number of hydrogen-bond donors (Lipinski definition) is 0. The number of carbonyl (C=O) groups is 1. The van der Waals surface area contributed by atoms with Gasteiger partial charge in [-0.15, -0.1) is 0 Å². The Morgan fingerprint density at radius 2 is 2.04 bits per heavy atom. The molecule has 0 bridgehead atoms. The van der Waals surface area contributed by atoms with Crippen molar-refractivity contribution in [3.05, 3.63) is 11.3 Å². The highest BCUT2D eigenvalue weighted by Crippen LogP contribution is 2.55. The Labute approximate surface area is 156 Å². The van der Waals surface area contributed by atoms with E-state index in [0.29, 0.717) is 54.0 Å². The summed E-state index contributed by atoms with van der Waals surface area (Å²) in [6, 6.07) is 0.294. The van der Waals surface area contributed by atoms with Crippen molar-refractivity contribution in [2.24, 2.45) is 17.8 Å². The molecule has 6 nitrogen and oxygen atoms in total. The van der Waals surface area contributed by atoms with Gasteiger partial charge in [-0.3, -0.25) is 4.79 Å². The van der Waals surface area contributed by atoms with E-state index in [1.165, 1.54) is 7.11 Å². The normalized spacial score (nSPS) is 32.7. The molecule has 0 spiro atoms. The molecule has 8 heteroatoms. The Morgan fingerprint density at radius 3 is 2.63 bits per heavy atom. The lowest BCUT2D eigenvalue weighted by molar-refractivity contribution is -0.141. The molecular formula is C19H24F2N4O2. The largest absolute Gasteiger partial charge is 0.469 e. The fourth-order valence-corrected chi connectivity index (χ4v) is 5.00. The van der Waals surface area contributed by atoms with Gasteiger partial charge in [0.15, 0.2) is 0 Å². The van der Waals surface area contributed by atoms with Gasteiger partial charge in [-0.1, -0.05) is 0 Å². The average molecular weight is 378 g/mol. The molecule has 146 valence electrons. The maximum absolute atomic E-state index is 14.4. The number of anilines is 2. The van der Waals surface area contributed by atoms with Crippen molar-refractivity contribution in [1.82, 2.24) is 9.97 Å². The third-order valence-electron chi connectivity index (χ3n) is 6.89. The predicted molar refractivity (Wildman–Crippen MR) is 95.0 cm³/mol. The maximum atomic E-state index is 14.4. The SMILES string of the molecule is COC(=O)CC1[C@H]2CN(c3nc(N4CC[C@@H]4C)nc4c3CCC4(F)F)C[C@@H]12. The number of fused-ring (bicyclic) bond motifs is 2. The molecule has 0 amide bonds. The van der Waals surface area contributed by atoms with Gasteiger partial charge in [-0.05, 0) is 37.5 Å². The number of halogens is 2. The molecule has 4 atom stereocenters. The van der Waals surface area contributed by atoms with Gasteiger partial charge in [0.05, 0.1) is 7.11 Å². The molecule has 3 fully saturated rings. The van der Waals surface area contributed by atoms with E-state index in [9.17, 15) is 13.6 Å². The van der Waals surface area contributed by atoms with Crippen LogP contribution in [0.3, 0.4) is 0 Å².